The van der Waals surface area contributed by atoms with E-state index in [1.807, 2.05) is 70.4 Å². The maximum atomic E-state index is 14.2. The molecule has 0 fully saturated rings. The number of hydrogen-bond acceptors (Lipinski definition) is 4. The van der Waals surface area contributed by atoms with Gasteiger partial charge in [0, 0.05) is 16.7 Å². The van der Waals surface area contributed by atoms with Gasteiger partial charge >= 0.3 is 0 Å². The van der Waals surface area contributed by atoms with Crippen molar-refractivity contribution in [1.82, 2.24) is 20.0 Å². The predicted octanol–water partition coefficient (Wildman–Crippen LogP) is 8.03. The highest BCUT2D eigenvalue weighted by Gasteiger charge is 2.39. The first kappa shape index (κ1) is 32.3. The molecule has 48 heavy (non-hydrogen) atoms. The van der Waals surface area contributed by atoms with Gasteiger partial charge in [0.1, 0.15) is 11.3 Å². The van der Waals surface area contributed by atoms with E-state index in [0.717, 1.165) is 27.8 Å². The normalized spacial score (nSPS) is 11.7. The van der Waals surface area contributed by atoms with Crippen molar-refractivity contribution in [3.63, 3.8) is 0 Å². The van der Waals surface area contributed by atoms with E-state index in [1.165, 1.54) is 5.01 Å². The molecule has 242 valence electrons. The van der Waals surface area contributed by atoms with Gasteiger partial charge in [0.05, 0.1) is 30.0 Å². The van der Waals surface area contributed by atoms with Crippen LogP contribution in [0.3, 0.4) is 0 Å². The standard InChI is InChI=1S/C41H40N4O3/c1-6-33-34(23-16-24-37(33)48-5)38(46)43-45(40(2,3)4)39(47)29-25-26-36-35(27-29)42-28-44(36)41(30-17-10-7-11-18-30,31-19-12-8-13-20-31)32-21-14-9-15-22-32/h7-28H,6H2,1-5H3,(H,43,46). The fourth-order valence-electron chi connectivity index (χ4n) is 6.52. The second-order valence-corrected chi connectivity index (χ2v) is 12.7. The van der Waals surface area contributed by atoms with Crippen LogP contribution in [0.1, 0.15) is 70.7 Å². The summed E-state index contributed by atoms with van der Waals surface area (Å²) in [6.07, 6.45) is 2.45. The third-order valence-electron chi connectivity index (χ3n) is 8.77. The Morgan fingerprint density at radius 2 is 1.33 bits per heavy atom. The molecule has 7 heteroatoms. The zero-order chi connectivity index (χ0) is 33.9. The summed E-state index contributed by atoms with van der Waals surface area (Å²) in [4.78, 5) is 32.7. The number of nitrogens with zero attached hydrogens (tertiary/aromatic N) is 3. The molecule has 0 saturated heterocycles. The van der Waals surface area contributed by atoms with Crippen molar-refractivity contribution in [2.24, 2.45) is 0 Å². The van der Waals surface area contributed by atoms with Crippen molar-refractivity contribution in [2.75, 3.05) is 7.11 Å². The number of fused-ring (bicyclic) bond motifs is 1. The van der Waals surface area contributed by atoms with Crippen LogP contribution in [0.4, 0.5) is 0 Å². The molecule has 1 N–H and O–H groups in total. The number of aromatic nitrogens is 2. The van der Waals surface area contributed by atoms with E-state index in [9.17, 15) is 9.59 Å². The lowest BCUT2D eigenvalue weighted by molar-refractivity contribution is 0.0358. The van der Waals surface area contributed by atoms with Crippen molar-refractivity contribution in [3.05, 3.63) is 167 Å². The first-order chi connectivity index (χ1) is 23.2. The zero-order valence-electron chi connectivity index (χ0n) is 28.0. The van der Waals surface area contributed by atoms with E-state index in [0.29, 0.717) is 28.8 Å². The number of ether oxygens (including phenoxy) is 1. The fraction of sp³-hybridized carbons (Fsp3) is 0.195. The summed E-state index contributed by atoms with van der Waals surface area (Å²) in [5, 5.41) is 1.40. The van der Waals surface area contributed by atoms with Crippen molar-refractivity contribution in [2.45, 2.75) is 45.2 Å². The Labute approximate surface area is 281 Å². The second-order valence-electron chi connectivity index (χ2n) is 12.7. The van der Waals surface area contributed by atoms with Crippen LogP contribution in [-0.4, -0.2) is 39.0 Å². The lowest BCUT2D eigenvalue weighted by Gasteiger charge is -2.38. The van der Waals surface area contributed by atoms with Gasteiger partial charge in [-0.05, 0) is 74.2 Å². The fourth-order valence-corrected chi connectivity index (χ4v) is 6.52. The summed E-state index contributed by atoms with van der Waals surface area (Å²) in [7, 11) is 1.59. The number of amides is 2. The van der Waals surface area contributed by atoms with Gasteiger partial charge in [0.15, 0.2) is 0 Å². The van der Waals surface area contributed by atoms with Crippen LogP contribution in [0.5, 0.6) is 5.75 Å². The molecule has 1 aromatic heterocycles. The SMILES string of the molecule is CCc1c(OC)cccc1C(=O)NN(C(=O)c1ccc2c(c1)ncn2C(c1ccccc1)(c1ccccc1)c1ccccc1)C(C)(C)C. The van der Waals surface area contributed by atoms with Gasteiger partial charge in [-0.15, -0.1) is 0 Å². The van der Waals surface area contributed by atoms with Crippen molar-refractivity contribution in [1.29, 1.82) is 0 Å². The first-order valence-corrected chi connectivity index (χ1v) is 16.2. The molecule has 0 bridgehead atoms. The Balaban J connectivity index is 1.45. The third-order valence-corrected chi connectivity index (χ3v) is 8.77. The molecule has 0 radical (unpaired) electrons. The van der Waals surface area contributed by atoms with Gasteiger partial charge in [-0.1, -0.05) is 104 Å². The molecule has 0 aliphatic heterocycles. The van der Waals surface area contributed by atoms with Gasteiger partial charge in [-0.25, -0.2) is 9.99 Å². The van der Waals surface area contributed by atoms with Gasteiger partial charge in [-0.3, -0.25) is 15.0 Å². The monoisotopic (exact) mass is 636 g/mol. The van der Waals surface area contributed by atoms with Crippen LogP contribution in [0.2, 0.25) is 0 Å². The van der Waals surface area contributed by atoms with Crippen LogP contribution in [0, 0.1) is 0 Å². The maximum Gasteiger partial charge on any atom is 0.272 e. The maximum absolute atomic E-state index is 14.2. The average molecular weight is 637 g/mol. The third kappa shape index (κ3) is 5.72. The number of hydrazine groups is 1. The summed E-state index contributed by atoms with van der Waals surface area (Å²) >= 11 is 0. The summed E-state index contributed by atoms with van der Waals surface area (Å²) in [5.74, 6) is -0.0798. The van der Waals surface area contributed by atoms with E-state index < -0.39 is 11.1 Å². The Hall–Kier alpha value is -5.69. The largest absolute Gasteiger partial charge is 0.496 e. The highest BCUT2D eigenvalue weighted by Crippen LogP contribution is 2.42. The molecule has 2 amide bonds. The number of carbonyl (C=O) groups is 2. The molecular weight excluding hydrogens is 596 g/mol. The zero-order valence-corrected chi connectivity index (χ0v) is 28.0. The van der Waals surface area contributed by atoms with E-state index in [-0.39, 0.29) is 11.8 Å². The Morgan fingerprint density at radius 3 is 1.83 bits per heavy atom. The summed E-state index contributed by atoms with van der Waals surface area (Å²) in [5.41, 5.74) is 7.84. The Kier molecular flexibility index (Phi) is 8.87. The first-order valence-electron chi connectivity index (χ1n) is 16.2. The Bertz CT molecular complexity index is 1950. The van der Waals surface area contributed by atoms with E-state index in [1.54, 1.807) is 25.3 Å². The summed E-state index contributed by atoms with van der Waals surface area (Å²) < 4.78 is 7.69. The van der Waals surface area contributed by atoms with Gasteiger partial charge < -0.3 is 9.30 Å². The van der Waals surface area contributed by atoms with E-state index >= 15 is 0 Å². The van der Waals surface area contributed by atoms with Crippen molar-refractivity contribution < 1.29 is 14.3 Å². The summed E-state index contributed by atoms with van der Waals surface area (Å²) in [6, 6.07) is 42.1. The number of benzene rings is 5. The molecule has 0 unspecified atom stereocenters. The highest BCUT2D eigenvalue weighted by atomic mass is 16.5. The minimum Gasteiger partial charge on any atom is -0.496 e. The van der Waals surface area contributed by atoms with Gasteiger partial charge in [0.25, 0.3) is 11.8 Å². The van der Waals surface area contributed by atoms with E-state index in [2.05, 4.69) is 82.8 Å². The second kappa shape index (κ2) is 13.2. The quantitative estimate of drug-likeness (QED) is 0.136. The topological polar surface area (TPSA) is 76.5 Å². The molecule has 0 saturated carbocycles. The highest BCUT2D eigenvalue weighted by molar-refractivity contribution is 6.01. The van der Waals surface area contributed by atoms with Gasteiger partial charge in [-0.2, -0.15) is 0 Å². The molecule has 0 atom stereocenters. The van der Waals surface area contributed by atoms with Gasteiger partial charge in [0.2, 0.25) is 0 Å². The molecule has 6 aromatic rings. The Morgan fingerprint density at radius 1 is 0.771 bits per heavy atom. The van der Waals surface area contributed by atoms with E-state index in [4.69, 9.17) is 9.72 Å². The summed E-state index contributed by atoms with van der Waals surface area (Å²) in [6.45, 7) is 7.63. The van der Waals surface area contributed by atoms with Crippen LogP contribution >= 0.6 is 0 Å². The van der Waals surface area contributed by atoms with Crippen LogP contribution < -0.4 is 10.2 Å². The molecule has 0 aliphatic rings. The van der Waals surface area contributed by atoms with Crippen molar-refractivity contribution in [3.8, 4) is 5.75 Å². The number of rotatable bonds is 8. The average Bonchev–Trinajstić information content (AvgIpc) is 3.54. The number of carbonyl (C=O) groups excluding carboxylic acids is 2. The molecule has 6 rings (SSSR count). The lowest BCUT2D eigenvalue weighted by atomic mass is 9.76. The molecule has 1 heterocycles. The molecule has 0 aliphatic carbocycles. The smallest absolute Gasteiger partial charge is 0.272 e. The number of nitrogens with one attached hydrogen (secondary N) is 1. The molecule has 0 spiro atoms. The number of hydrogen-bond donors (Lipinski definition) is 1. The van der Waals surface area contributed by atoms with Crippen LogP contribution in [0.25, 0.3) is 11.0 Å². The lowest BCUT2D eigenvalue weighted by Crippen LogP contribution is -2.56. The number of imidazole rings is 1. The van der Waals surface area contributed by atoms with Crippen molar-refractivity contribution >= 4 is 22.8 Å². The van der Waals surface area contributed by atoms with Crippen LogP contribution in [0.15, 0.2) is 134 Å². The predicted molar refractivity (Wildman–Crippen MR) is 190 cm³/mol. The van der Waals surface area contributed by atoms with Crippen LogP contribution in [-0.2, 0) is 12.0 Å². The number of methoxy groups -OCH3 is 1. The minimum absolute atomic E-state index is 0.339. The molecular formula is C41H40N4O3. The molecule has 7 nitrogen and oxygen atoms in total. The molecule has 5 aromatic carbocycles. The minimum atomic E-state index is -0.747.